The van der Waals surface area contributed by atoms with Crippen LogP contribution in [0, 0.1) is 0 Å². The Morgan fingerprint density at radius 2 is 1.58 bits per heavy atom. The highest BCUT2D eigenvalue weighted by Crippen LogP contribution is 2.29. The van der Waals surface area contributed by atoms with Crippen LogP contribution >= 0.6 is 0 Å². The number of nitrogens with one attached hydrogen (secondary N) is 1. The molecule has 38 heavy (non-hydrogen) atoms. The van der Waals surface area contributed by atoms with E-state index in [4.69, 9.17) is 4.74 Å². The molecule has 1 heterocycles. The molecule has 6 nitrogen and oxygen atoms in total. The number of aryl methyl sites for hydroxylation is 1. The summed E-state index contributed by atoms with van der Waals surface area (Å²) in [5.41, 5.74) is 5.02. The number of amides is 2. The van der Waals surface area contributed by atoms with Crippen molar-refractivity contribution in [2.75, 3.05) is 51.3 Å². The number of hydrogen-bond acceptors (Lipinski definition) is 4. The number of fused-ring (bicyclic) bond motifs is 1. The fourth-order valence-electron chi connectivity index (χ4n) is 5.49. The van der Waals surface area contributed by atoms with Gasteiger partial charge < -0.3 is 15.0 Å². The minimum atomic E-state index is -0.124. The van der Waals surface area contributed by atoms with Crippen molar-refractivity contribution in [1.82, 2.24) is 9.80 Å². The van der Waals surface area contributed by atoms with Gasteiger partial charge in [0, 0.05) is 56.3 Å². The monoisotopic (exact) mass is 511 g/mol. The SMILES string of the molecule is O=C1CCCc2ccc(NC(=O)N(CCC(c3ccccc3)c3ccccc3)CCN3CCOCC3)cc21. The van der Waals surface area contributed by atoms with E-state index < -0.39 is 0 Å². The summed E-state index contributed by atoms with van der Waals surface area (Å²) in [4.78, 5) is 30.3. The van der Waals surface area contributed by atoms with Gasteiger partial charge in [-0.25, -0.2) is 4.79 Å². The molecule has 1 N–H and O–H groups in total. The molecule has 0 spiro atoms. The third kappa shape index (κ3) is 6.69. The number of rotatable bonds is 9. The van der Waals surface area contributed by atoms with Crippen molar-refractivity contribution in [3.63, 3.8) is 0 Å². The molecule has 0 saturated carbocycles. The molecular weight excluding hydrogens is 474 g/mol. The molecule has 0 aromatic heterocycles. The van der Waals surface area contributed by atoms with Crippen LogP contribution < -0.4 is 5.32 Å². The van der Waals surface area contributed by atoms with Gasteiger partial charge in [-0.15, -0.1) is 0 Å². The number of ketones is 1. The number of carbonyl (C=O) groups excluding carboxylic acids is 2. The van der Waals surface area contributed by atoms with Crippen LogP contribution in [0.15, 0.2) is 78.9 Å². The Labute approximate surface area is 225 Å². The van der Waals surface area contributed by atoms with Crippen LogP contribution in [-0.4, -0.2) is 67.6 Å². The van der Waals surface area contributed by atoms with Gasteiger partial charge in [0.15, 0.2) is 5.78 Å². The van der Waals surface area contributed by atoms with Crippen LogP contribution in [0.1, 0.15) is 52.2 Å². The fraction of sp³-hybridized carbons (Fsp3) is 0.375. The zero-order valence-electron chi connectivity index (χ0n) is 22.0. The third-order valence-corrected chi connectivity index (χ3v) is 7.68. The second-order valence-electron chi connectivity index (χ2n) is 10.2. The van der Waals surface area contributed by atoms with Crippen molar-refractivity contribution in [3.05, 3.63) is 101 Å². The van der Waals surface area contributed by atoms with E-state index in [0.29, 0.717) is 25.2 Å². The lowest BCUT2D eigenvalue weighted by Crippen LogP contribution is -2.44. The van der Waals surface area contributed by atoms with E-state index in [1.807, 2.05) is 35.2 Å². The zero-order valence-corrected chi connectivity index (χ0v) is 22.0. The number of anilines is 1. The fourth-order valence-corrected chi connectivity index (χ4v) is 5.49. The molecule has 1 fully saturated rings. The Morgan fingerprint density at radius 1 is 0.895 bits per heavy atom. The molecule has 0 bridgehead atoms. The quantitative estimate of drug-likeness (QED) is 0.407. The Morgan fingerprint density at radius 3 is 2.26 bits per heavy atom. The molecule has 1 saturated heterocycles. The Balaban J connectivity index is 1.32. The van der Waals surface area contributed by atoms with Gasteiger partial charge in [0.2, 0.25) is 0 Å². The van der Waals surface area contributed by atoms with Gasteiger partial charge in [-0.2, -0.15) is 0 Å². The van der Waals surface area contributed by atoms with E-state index in [9.17, 15) is 9.59 Å². The maximum Gasteiger partial charge on any atom is 0.321 e. The van der Waals surface area contributed by atoms with Crippen molar-refractivity contribution in [2.24, 2.45) is 0 Å². The molecule has 6 heteroatoms. The first-order chi connectivity index (χ1) is 18.7. The van der Waals surface area contributed by atoms with Crippen LogP contribution in [0.5, 0.6) is 0 Å². The predicted octanol–water partition coefficient (Wildman–Crippen LogP) is 5.59. The number of hydrogen-bond donors (Lipinski definition) is 1. The first kappa shape index (κ1) is 26.1. The summed E-state index contributed by atoms with van der Waals surface area (Å²) >= 11 is 0. The lowest BCUT2D eigenvalue weighted by atomic mass is 9.88. The smallest absolute Gasteiger partial charge is 0.321 e. The van der Waals surface area contributed by atoms with E-state index in [2.05, 4.69) is 58.7 Å². The van der Waals surface area contributed by atoms with Gasteiger partial charge in [0.1, 0.15) is 0 Å². The summed E-state index contributed by atoms with van der Waals surface area (Å²) in [5, 5.41) is 3.10. The molecule has 0 unspecified atom stereocenters. The highest BCUT2D eigenvalue weighted by molar-refractivity contribution is 6.00. The molecule has 3 aromatic carbocycles. The maximum atomic E-state index is 13.6. The third-order valence-electron chi connectivity index (χ3n) is 7.68. The first-order valence-electron chi connectivity index (χ1n) is 13.8. The standard InChI is InChI=1S/C32H37N3O3/c36-31-13-7-12-27-14-15-28(24-30(27)31)33-32(37)35(19-18-34-20-22-38-23-21-34)17-16-29(25-8-3-1-4-9-25)26-10-5-2-6-11-26/h1-6,8-11,14-15,24,29H,7,12-13,16-23H2,(H,33,37). The molecule has 1 aliphatic heterocycles. The van der Waals surface area contributed by atoms with Crippen molar-refractivity contribution in [3.8, 4) is 0 Å². The van der Waals surface area contributed by atoms with Gasteiger partial charge in [-0.05, 0) is 48.1 Å². The minimum absolute atomic E-state index is 0.124. The summed E-state index contributed by atoms with van der Waals surface area (Å²) in [6.45, 7) is 5.30. The van der Waals surface area contributed by atoms with Gasteiger partial charge in [0.25, 0.3) is 0 Å². The van der Waals surface area contributed by atoms with E-state index in [1.165, 1.54) is 11.1 Å². The molecule has 2 aliphatic rings. The van der Waals surface area contributed by atoms with E-state index >= 15 is 0 Å². The van der Waals surface area contributed by atoms with Gasteiger partial charge >= 0.3 is 6.03 Å². The van der Waals surface area contributed by atoms with Crippen LogP contribution in [0.4, 0.5) is 10.5 Å². The molecule has 0 radical (unpaired) electrons. The highest BCUT2D eigenvalue weighted by Gasteiger charge is 2.22. The van der Waals surface area contributed by atoms with Crippen molar-refractivity contribution in [1.29, 1.82) is 0 Å². The van der Waals surface area contributed by atoms with Crippen molar-refractivity contribution >= 4 is 17.5 Å². The number of carbonyl (C=O) groups is 2. The zero-order chi connectivity index (χ0) is 26.2. The van der Waals surface area contributed by atoms with E-state index in [-0.39, 0.29) is 17.7 Å². The predicted molar refractivity (Wildman–Crippen MR) is 151 cm³/mol. The molecule has 1 aliphatic carbocycles. The average Bonchev–Trinajstić information content (AvgIpc) is 2.97. The first-order valence-corrected chi connectivity index (χ1v) is 13.8. The summed E-state index contributed by atoms with van der Waals surface area (Å²) in [6, 6.07) is 26.7. The molecule has 198 valence electrons. The number of morpholine rings is 1. The topological polar surface area (TPSA) is 61.9 Å². The van der Waals surface area contributed by atoms with Crippen molar-refractivity contribution < 1.29 is 14.3 Å². The van der Waals surface area contributed by atoms with Gasteiger partial charge in [-0.3, -0.25) is 9.69 Å². The van der Waals surface area contributed by atoms with Crippen LogP contribution in [0.25, 0.3) is 0 Å². The summed E-state index contributed by atoms with van der Waals surface area (Å²) in [6.07, 6.45) is 3.21. The summed E-state index contributed by atoms with van der Waals surface area (Å²) in [5.74, 6) is 0.359. The lowest BCUT2D eigenvalue weighted by Gasteiger charge is -2.31. The van der Waals surface area contributed by atoms with Crippen LogP contribution in [0.2, 0.25) is 0 Å². The largest absolute Gasteiger partial charge is 0.379 e. The second kappa shape index (κ2) is 12.9. The normalized spacial score (nSPS) is 15.8. The number of Topliss-reactive ketones (excluding diaryl/α,β-unsaturated/α-hetero) is 1. The number of urea groups is 1. The Hall–Kier alpha value is -3.48. The Bertz CT molecular complexity index is 1170. The van der Waals surface area contributed by atoms with Gasteiger partial charge in [0.05, 0.1) is 13.2 Å². The molecule has 3 aromatic rings. The Kier molecular flexibility index (Phi) is 8.84. The second-order valence-corrected chi connectivity index (χ2v) is 10.2. The lowest BCUT2D eigenvalue weighted by molar-refractivity contribution is 0.0351. The number of ether oxygens (including phenoxy) is 1. The van der Waals surface area contributed by atoms with Crippen molar-refractivity contribution in [2.45, 2.75) is 31.6 Å². The summed E-state index contributed by atoms with van der Waals surface area (Å²) in [7, 11) is 0. The van der Waals surface area contributed by atoms with E-state index in [1.54, 1.807) is 0 Å². The molecule has 2 amide bonds. The van der Waals surface area contributed by atoms with Gasteiger partial charge in [-0.1, -0.05) is 66.7 Å². The van der Waals surface area contributed by atoms with Crippen LogP contribution in [-0.2, 0) is 11.2 Å². The summed E-state index contributed by atoms with van der Waals surface area (Å²) < 4.78 is 5.50. The van der Waals surface area contributed by atoms with Crippen LogP contribution in [0.3, 0.4) is 0 Å². The molecule has 5 rings (SSSR count). The van der Waals surface area contributed by atoms with E-state index in [0.717, 1.165) is 63.2 Å². The maximum absolute atomic E-state index is 13.6. The molecule has 0 atom stereocenters. The average molecular weight is 512 g/mol. The number of benzene rings is 3. The highest BCUT2D eigenvalue weighted by atomic mass is 16.5. The minimum Gasteiger partial charge on any atom is -0.379 e. The molecular formula is C32H37N3O3. The number of nitrogens with zero attached hydrogens (tertiary/aromatic N) is 2.